The molecular weight excluding hydrogens is 404 g/mol. The molecule has 2 aromatic rings. The summed E-state index contributed by atoms with van der Waals surface area (Å²) >= 11 is 0. The third kappa shape index (κ3) is 3.94. The van der Waals surface area contributed by atoms with Gasteiger partial charge in [-0.2, -0.15) is 5.26 Å². The van der Waals surface area contributed by atoms with Gasteiger partial charge in [-0.1, -0.05) is 30.3 Å². The van der Waals surface area contributed by atoms with Crippen LogP contribution in [0.3, 0.4) is 0 Å². The van der Waals surface area contributed by atoms with Gasteiger partial charge in [0.25, 0.3) is 0 Å². The van der Waals surface area contributed by atoms with Crippen LogP contribution in [0.15, 0.2) is 42.7 Å². The molecule has 1 saturated carbocycles. The summed E-state index contributed by atoms with van der Waals surface area (Å²) in [4.78, 5) is 25.7. The number of nitrogens with one attached hydrogen (secondary N) is 1. The number of nitriles is 1. The van der Waals surface area contributed by atoms with E-state index in [9.17, 15) is 4.79 Å². The highest BCUT2D eigenvalue weighted by molar-refractivity contribution is 5.93. The standard InChI is InChI=1S/C24H30N6O2/c1-26-24(20-7-4-3-5-8-20)11-9-23(10-12-24)18-29(21-27-16-19(15-25)17-28-21)22(31)30(23)13-6-14-32-2/h3-5,7-8,16-17,26H,6,9-14,18H2,1-2H3/t23-,24+. The number of hydrogen-bond acceptors (Lipinski definition) is 6. The molecule has 1 aromatic carbocycles. The Morgan fingerprint density at radius 2 is 1.84 bits per heavy atom. The molecule has 2 amide bonds. The molecule has 1 aliphatic carbocycles. The van der Waals surface area contributed by atoms with Crippen LogP contribution < -0.4 is 10.2 Å². The van der Waals surface area contributed by atoms with E-state index in [-0.39, 0.29) is 17.1 Å². The fraction of sp³-hybridized carbons (Fsp3) is 0.500. The molecule has 1 saturated heterocycles. The maximum absolute atomic E-state index is 13.5. The molecule has 0 atom stereocenters. The van der Waals surface area contributed by atoms with Crippen LogP contribution in [0.2, 0.25) is 0 Å². The van der Waals surface area contributed by atoms with E-state index in [0.29, 0.717) is 31.2 Å². The predicted octanol–water partition coefficient (Wildman–Crippen LogP) is 3.05. The van der Waals surface area contributed by atoms with E-state index in [1.54, 1.807) is 12.0 Å². The van der Waals surface area contributed by atoms with Crippen LogP contribution in [-0.2, 0) is 10.3 Å². The largest absolute Gasteiger partial charge is 0.385 e. The van der Waals surface area contributed by atoms with Gasteiger partial charge in [-0.25, -0.2) is 14.8 Å². The quantitative estimate of drug-likeness (QED) is 0.673. The molecule has 0 bridgehead atoms. The molecule has 0 radical (unpaired) electrons. The Labute approximate surface area is 189 Å². The Bertz CT molecular complexity index is 964. The first-order chi connectivity index (χ1) is 15.6. The Kier molecular flexibility index (Phi) is 6.40. The van der Waals surface area contributed by atoms with Crippen molar-refractivity contribution in [3.8, 4) is 6.07 Å². The van der Waals surface area contributed by atoms with Gasteiger partial charge in [0.2, 0.25) is 5.95 Å². The molecule has 1 aliphatic heterocycles. The van der Waals surface area contributed by atoms with Crippen molar-refractivity contribution in [1.29, 1.82) is 5.26 Å². The second-order valence-electron chi connectivity index (χ2n) is 8.67. The number of aromatic nitrogens is 2. The van der Waals surface area contributed by atoms with Crippen LogP contribution in [0.1, 0.15) is 43.2 Å². The average Bonchev–Trinajstić information content (AvgIpc) is 3.12. The normalized spacial score (nSPS) is 25.3. The highest BCUT2D eigenvalue weighted by atomic mass is 16.5. The van der Waals surface area contributed by atoms with Gasteiger partial charge in [-0.15, -0.1) is 0 Å². The highest BCUT2D eigenvalue weighted by Gasteiger charge is 2.54. The second kappa shape index (κ2) is 9.23. The molecule has 1 aromatic heterocycles. The van der Waals surface area contributed by atoms with Gasteiger partial charge in [0.1, 0.15) is 6.07 Å². The average molecular weight is 435 g/mol. The Hall–Kier alpha value is -3.02. The molecule has 0 unspecified atom stereocenters. The third-order valence-corrected chi connectivity index (χ3v) is 7.06. The summed E-state index contributed by atoms with van der Waals surface area (Å²) in [5, 5.41) is 12.6. The van der Waals surface area contributed by atoms with Gasteiger partial charge < -0.3 is 15.0 Å². The van der Waals surface area contributed by atoms with Crippen molar-refractivity contribution in [2.75, 3.05) is 38.8 Å². The van der Waals surface area contributed by atoms with Gasteiger partial charge in [-0.3, -0.25) is 4.90 Å². The van der Waals surface area contributed by atoms with Gasteiger partial charge in [-0.05, 0) is 44.7 Å². The van der Waals surface area contributed by atoms with Crippen LogP contribution in [0.5, 0.6) is 0 Å². The summed E-state index contributed by atoms with van der Waals surface area (Å²) in [5.41, 5.74) is 1.31. The first-order valence-electron chi connectivity index (χ1n) is 11.1. The number of carbonyl (C=O) groups excluding carboxylic acids is 1. The molecule has 2 heterocycles. The van der Waals surface area contributed by atoms with Crippen molar-refractivity contribution in [2.24, 2.45) is 0 Å². The van der Waals surface area contributed by atoms with E-state index < -0.39 is 0 Å². The number of anilines is 1. The number of carbonyl (C=O) groups is 1. The lowest BCUT2D eigenvalue weighted by molar-refractivity contribution is 0.0722. The molecule has 8 nitrogen and oxygen atoms in total. The molecule has 2 fully saturated rings. The highest BCUT2D eigenvalue weighted by Crippen LogP contribution is 2.47. The zero-order valence-corrected chi connectivity index (χ0v) is 18.8. The number of hydrogen-bond donors (Lipinski definition) is 1. The van der Waals surface area contributed by atoms with Crippen molar-refractivity contribution in [3.05, 3.63) is 53.9 Å². The van der Waals surface area contributed by atoms with Crippen LogP contribution >= 0.6 is 0 Å². The summed E-state index contributed by atoms with van der Waals surface area (Å²) in [6, 6.07) is 12.5. The minimum Gasteiger partial charge on any atom is -0.385 e. The first-order valence-corrected chi connectivity index (χ1v) is 11.1. The third-order valence-electron chi connectivity index (χ3n) is 7.06. The Balaban J connectivity index is 1.60. The maximum Gasteiger partial charge on any atom is 0.327 e. The summed E-state index contributed by atoms with van der Waals surface area (Å²) in [6.07, 6.45) is 7.36. The minimum atomic E-state index is -0.267. The zero-order chi connectivity index (χ0) is 22.6. The number of ether oxygens (including phenoxy) is 1. The Morgan fingerprint density at radius 3 is 2.44 bits per heavy atom. The van der Waals surface area contributed by atoms with E-state index in [1.165, 1.54) is 18.0 Å². The van der Waals surface area contributed by atoms with E-state index in [1.807, 2.05) is 24.1 Å². The number of methoxy groups -OCH3 is 1. The monoisotopic (exact) mass is 434 g/mol. The molecule has 8 heteroatoms. The molecule has 4 rings (SSSR count). The second-order valence-corrected chi connectivity index (χ2v) is 8.67. The molecule has 32 heavy (non-hydrogen) atoms. The van der Waals surface area contributed by atoms with E-state index in [0.717, 1.165) is 32.1 Å². The van der Waals surface area contributed by atoms with E-state index in [4.69, 9.17) is 10.00 Å². The van der Waals surface area contributed by atoms with Gasteiger partial charge in [0.15, 0.2) is 0 Å². The molecule has 168 valence electrons. The zero-order valence-electron chi connectivity index (χ0n) is 18.8. The lowest BCUT2D eigenvalue weighted by atomic mass is 9.69. The predicted molar refractivity (Wildman–Crippen MR) is 121 cm³/mol. The minimum absolute atomic E-state index is 0.0671. The maximum atomic E-state index is 13.5. The lowest BCUT2D eigenvalue weighted by Crippen LogP contribution is -2.55. The van der Waals surface area contributed by atoms with Crippen molar-refractivity contribution < 1.29 is 9.53 Å². The van der Waals surface area contributed by atoms with Gasteiger partial charge in [0, 0.05) is 25.8 Å². The molecule has 2 aliphatic rings. The lowest BCUT2D eigenvalue weighted by Gasteiger charge is -2.48. The molecule has 1 N–H and O–H groups in total. The number of benzene rings is 1. The van der Waals surface area contributed by atoms with Gasteiger partial charge in [0.05, 0.1) is 30.0 Å². The number of amides is 2. The van der Waals surface area contributed by atoms with Crippen molar-refractivity contribution in [2.45, 2.75) is 43.2 Å². The van der Waals surface area contributed by atoms with Crippen LogP contribution in [0.4, 0.5) is 10.7 Å². The smallest absolute Gasteiger partial charge is 0.327 e. The Morgan fingerprint density at radius 1 is 1.16 bits per heavy atom. The SMILES string of the molecule is CN[C@]1(c2ccccc2)CC[C@]2(CC1)CN(c1ncc(C#N)cn1)C(=O)N2CCCOC. The van der Waals surface area contributed by atoms with E-state index >= 15 is 0 Å². The first kappa shape index (κ1) is 22.2. The van der Waals surface area contributed by atoms with E-state index in [2.05, 4.69) is 39.6 Å². The van der Waals surface area contributed by atoms with Crippen LogP contribution in [0, 0.1) is 11.3 Å². The summed E-state index contributed by atoms with van der Waals surface area (Å²) in [6.45, 7) is 1.80. The summed E-state index contributed by atoms with van der Waals surface area (Å²) < 4.78 is 5.24. The van der Waals surface area contributed by atoms with Crippen LogP contribution in [-0.4, -0.2) is 60.3 Å². The fourth-order valence-corrected chi connectivity index (χ4v) is 5.18. The molecular formula is C24H30N6O2. The summed E-state index contributed by atoms with van der Waals surface area (Å²) in [7, 11) is 3.71. The topological polar surface area (TPSA) is 94.4 Å². The molecule has 1 spiro atoms. The number of urea groups is 1. The fourth-order valence-electron chi connectivity index (χ4n) is 5.18. The van der Waals surface area contributed by atoms with Gasteiger partial charge >= 0.3 is 6.03 Å². The number of nitrogens with zero attached hydrogens (tertiary/aromatic N) is 5. The van der Waals surface area contributed by atoms with Crippen molar-refractivity contribution in [1.82, 2.24) is 20.2 Å². The van der Waals surface area contributed by atoms with Crippen molar-refractivity contribution in [3.63, 3.8) is 0 Å². The van der Waals surface area contributed by atoms with Crippen molar-refractivity contribution >= 4 is 12.0 Å². The number of rotatable bonds is 7. The van der Waals surface area contributed by atoms with Crippen LogP contribution in [0.25, 0.3) is 0 Å². The summed E-state index contributed by atoms with van der Waals surface area (Å²) in [5.74, 6) is 0.358.